The van der Waals surface area contributed by atoms with E-state index in [1.54, 1.807) is 0 Å². The third-order valence-corrected chi connectivity index (χ3v) is 6.11. The number of nitrogens with zero attached hydrogens (tertiary/aromatic N) is 1. The van der Waals surface area contributed by atoms with Gasteiger partial charge in [0.1, 0.15) is 6.54 Å². The van der Waals surface area contributed by atoms with Gasteiger partial charge in [-0.2, -0.15) is 0 Å². The number of rotatable bonds is 3. The molecule has 0 spiro atoms. The number of benzene rings is 1. The Morgan fingerprint density at radius 2 is 1.71 bits per heavy atom. The number of anilines is 1. The zero-order valence-electron chi connectivity index (χ0n) is 14.0. The molecule has 1 N–H and O–H groups in total. The number of carbonyl (C=O) groups excluding carboxylic acids is 3. The van der Waals surface area contributed by atoms with E-state index in [1.165, 1.54) is 4.90 Å². The Morgan fingerprint density at radius 1 is 1.08 bits per heavy atom. The highest BCUT2D eigenvalue weighted by atomic mass is 16.2. The van der Waals surface area contributed by atoms with E-state index in [1.807, 2.05) is 32.0 Å². The van der Waals surface area contributed by atoms with Crippen LogP contribution in [0.1, 0.15) is 30.4 Å². The fourth-order valence-electron chi connectivity index (χ4n) is 4.79. The van der Waals surface area contributed by atoms with Crippen LogP contribution in [0.2, 0.25) is 0 Å². The lowest BCUT2D eigenvalue weighted by Crippen LogP contribution is -2.39. The average Bonchev–Trinajstić information content (AvgIpc) is 3.21. The molecule has 2 bridgehead atoms. The Hall–Kier alpha value is -2.17. The van der Waals surface area contributed by atoms with E-state index in [9.17, 15) is 14.4 Å². The molecule has 5 nitrogen and oxygen atoms in total. The second kappa shape index (κ2) is 5.43. The summed E-state index contributed by atoms with van der Waals surface area (Å²) in [7, 11) is 0. The van der Waals surface area contributed by atoms with Gasteiger partial charge in [0, 0.05) is 5.69 Å². The molecule has 5 heteroatoms. The van der Waals surface area contributed by atoms with E-state index in [4.69, 9.17) is 0 Å². The first kappa shape index (κ1) is 15.4. The van der Waals surface area contributed by atoms with Crippen LogP contribution in [-0.2, 0) is 14.4 Å². The van der Waals surface area contributed by atoms with Gasteiger partial charge in [-0.05, 0) is 68.2 Å². The maximum atomic E-state index is 12.6. The van der Waals surface area contributed by atoms with Gasteiger partial charge in [-0.25, -0.2) is 0 Å². The number of aryl methyl sites for hydroxylation is 2. The fraction of sp³-hybridized carbons (Fsp3) is 0.526. The molecule has 1 aromatic rings. The molecular formula is C19H22N2O3. The molecule has 0 unspecified atom stereocenters. The summed E-state index contributed by atoms with van der Waals surface area (Å²) in [5.74, 6) is -0.197. The quantitative estimate of drug-likeness (QED) is 0.867. The highest BCUT2D eigenvalue weighted by Crippen LogP contribution is 2.56. The molecule has 2 saturated carbocycles. The molecule has 3 aliphatic rings. The van der Waals surface area contributed by atoms with Crippen LogP contribution in [0.15, 0.2) is 18.2 Å². The lowest BCUT2D eigenvalue weighted by Gasteiger charge is -2.19. The molecule has 1 aliphatic heterocycles. The fourth-order valence-corrected chi connectivity index (χ4v) is 4.79. The van der Waals surface area contributed by atoms with Crippen LogP contribution in [0.4, 0.5) is 5.69 Å². The Labute approximate surface area is 141 Å². The van der Waals surface area contributed by atoms with Crippen LogP contribution in [0.3, 0.4) is 0 Å². The normalized spacial score (nSPS) is 30.8. The smallest absolute Gasteiger partial charge is 0.244 e. The molecule has 3 fully saturated rings. The molecule has 4 rings (SSSR count). The minimum Gasteiger partial charge on any atom is -0.325 e. The summed E-state index contributed by atoms with van der Waals surface area (Å²) < 4.78 is 0. The molecule has 24 heavy (non-hydrogen) atoms. The monoisotopic (exact) mass is 326 g/mol. The molecule has 0 radical (unpaired) electrons. The van der Waals surface area contributed by atoms with E-state index in [0.29, 0.717) is 17.5 Å². The summed E-state index contributed by atoms with van der Waals surface area (Å²) in [5.41, 5.74) is 2.94. The molecule has 1 heterocycles. The molecule has 0 aromatic heterocycles. The van der Waals surface area contributed by atoms with Crippen molar-refractivity contribution in [1.82, 2.24) is 4.90 Å². The molecule has 1 saturated heterocycles. The third kappa shape index (κ3) is 2.26. The lowest BCUT2D eigenvalue weighted by molar-refractivity contribution is -0.143. The van der Waals surface area contributed by atoms with Gasteiger partial charge in [-0.3, -0.25) is 19.3 Å². The number of amides is 3. The second-order valence-corrected chi connectivity index (χ2v) is 7.49. The van der Waals surface area contributed by atoms with Crippen molar-refractivity contribution in [3.05, 3.63) is 29.3 Å². The first-order chi connectivity index (χ1) is 11.5. The molecule has 4 atom stereocenters. The van der Waals surface area contributed by atoms with Crippen molar-refractivity contribution < 1.29 is 14.4 Å². The van der Waals surface area contributed by atoms with Gasteiger partial charge in [0.15, 0.2) is 0 Å². The zero-order chi connectivity index (χ0) is 17.0. The lowest BCUT2D eigenvalue weighted by atomic mass is 9.81. The number of nitrogens with one attached hydrogen (secondary N) is 1. The van der Waals surface area contributed by atoms with Crippen molar-refractivity contribution >= 4 is 23.4 Å². The van der Waals surface area contributed by atoms with E-state index < -0.39 is 0 Å². The Kier molecular flexibility index (Phi) is 3.48. The predicted molar refractivity (Wildman–Crippen MR) is 89.1 cm³/mol. The molecule has 126 valence electrons. The Balaban J connectivity index is 1.45. The molecular weight excluding hydrogens is 304 g/mol. The van der Waals surface area contributed by atoms with E-state index in [0.717, 1.165) is 30.4 Å². The van der Waals surface area contributed by atoms with Gasteiger partial charge < -0.3 is 5.32 Å². The van der Waals surface area contributed by atoms with Crippen molar-refractivity contribution in [2.45, 2.75) is 33.1 Å². The van der Waals surface area contributed by atoms with Crippen LogP contribution in [0.5, 0.6) is 0 Å². The third-order valence-electron chi connectivity index (χ3n) is 6.11. The first-order valence-electron chi connectivity index (χ1n) is 8.68. The highest BCUT2D eigenvalue weighted by Gasteiger charge is 2.60. The number of likely N-dealkylation sites (tertiary alicyclic amines) is 1. The summed E-state index contributed by atoms with van der Waals surface area (Å²) in [6, 6.07) is 5.68. The van der Waals surface area contributed by atoms with Crippen LogP contribution >= 0.6 is 0 Å². The number of fused-ring (bicyclic) bond motifs is 5. The van der Waals surface area contributed by atoms with Gasteiger partial charge in [-0.1, -0.05) is 6.07 Å². The van der Waals surface area contributed by atoms with Gasteiger partial charge in [0.2, 0.25) is 17.7 Å². The molecule has 2 aliphatic carbocycles. The number of hydrogen-bond donors (Lipinski definition) is 1. The Bertz CT molecular complexity index is 714. The number of hydrogen-bond acceptors (Lipinski definition) is 3. The predicted octanol–water partition coefficient (Wildman–Crippen LogP) is 2.27. The topological polar surface area (TPSA) is 66.5 Å². The minimum absolute atomic E-state index is 0.132. The van der Waals surface area contributed by atoms with Crippen molar-refractivity contribution in [2.24, 2.45) is 23.7 Å². The first-order valence-corrected chi connectivity index (χ1v) is 8.68. The summed E-state index contributed by atoms with van der Waals surface area (Å²) in [5, 5.41) is 2.80. The zero-order valence-corrected chi connectivity index (χ0v) is 14.0. The minimum atomic E-state index is -0.313. The van der Waals surface area contributed by atoms with Gasteiger partial charge in [0.25, 0.3) is 0 Å². The van der Waals surface area contributed by atoms with Crippen molar-refractivity contribution in [3.63, 3.8) is 0 Å². The van der Waals surface area contributed by atoms with Crippen LogP contribution in [-0.4, -0.2) is 29.2 Å². The largest absolute Gasteiger partial charge is 0.325 e. The van der Waals surface area contributed by atoms with Gasteiger partial charge in [-0.15, -0.1) is 0 Å². The number of imide groups is 1. The molecule has 3 amide bonds. The van der Waals surface area contributed by atoms with Gasteiger partial charge >= 0.3 is 0 Å². The summed E-state index contributed by atoms with van der Waals surface area (Å²) >= 11 is 0. The summed E-state index contributed by atoms with van der Waals surface area (Å²) in [6.45, 7) is 3.82. The maximum absolute atomic E-state index is 12.6. The average molecular weight is 326 g/mol. The van der Waals surface area contributed by atoms with E-state index >= 15 is 0 Å². The second-order valence-electron chi connectivity index (χ2n) is 7.49. The van der Waals surface area contributed by atoms with Crippen molar-refractivity contribution in [3.8, 4) is 0 Å². The summed E-state index contributed by atoms with van der Waals surface area (Å²) in [6.07, 6.45) is 3.11. The molecule has 1 aromatic carbocycles. The van der Waals surface area contributed by atoms with Crippen LogP contribution in [0, 0.1) is 37.5 Å². The number of carbonyl (C=O) groups is 3. The van der Waals surface area contributed by atoms with Crippen molar-refractivity contribution in [2.75, 3.05) is 11.9 Å². The summed E-state index contributed by atoms with van der Waals surface area (Å²) in [4.78, 5) is 38.7. The Morgan fingerprint density at radius 3 is 2.29 bits per heavy atom. The highest BCUT2D eigenvalue weighted by molar-refractivity contribution is 6.09. The van der Waals surface area contributed by atoms with Crippen LogP contribution in [0.25, 0.3) is 0 Å². The van der Waals surface area contributed by atoms with E-state index in [2.05, 4.69) is 5.32 Å². The van der Waals surface area contributed by atoms with E-state index in [-0.39, 0.29) is 36.1 Å². The van der Waals surface area contributed by atoms with Crippen LogP contribution < -0.4 is 5.32 Å². The SMILES string of the molecule is Cc1ccc(NC(=O)CN2C(=O)[C@H]3[C@@H]4CC[C@@H](C4)[C@@H]3C2=O)cc1C. The standard InChI is InChI=1S/C19H22N2O3/c1-10-3-6-14(7-11(10)2)20-15(22)9-21-18(23)16-12-4-5-13(8-12)17(16)19(21)24/h3,6-7,12-13,16-17H,4-5,8-9H2,1-2H3,(H,20,22)/t12-,13+,16-,17-/m0/s1. The maximum Gasteiger partial charge on any atom is 0.244 e. The van der Waals surface area contributed by atoms with Gasteiger partial charge in [0.05, 0.1) is 11.8 Å². The van der Waals surface area contributed by atoms with Crippen molar-refractivity contribution in [1.29, 1.82) is 0 Å².